The van der Waals surface area contributed by atoms with Gasteiger partial charge in [0.2, 0.25) is 5.75 Å². The van der Waals surface area contributed by atoms with Gasteiger partial charge in [-0.15, -0.1) is 0 Å². The van der Waals surface area contributed by atoms with Gasteiger partial charge in [0, 0.05) is 12.1 Å². The second kappa shape index (κ2) is 5.41. The number of nitriles is 1. The fraction of sp³-hybridized carbons (Fsp3) is 0.133. The molecule has 0 amide bonds. The summed E-state index contributed by atoms with van der Waals surface area (Å²) in [6.07, 6.45) is 0. The summed E-state index contributed by atoms with van der Waals surface area (Å²) in [6, 6.07) is 10.4. The van der Waals surface area contributed by atoms with Crippen molar-refractivity contribution >= 4 is 5.69 Å². The van der Waals surface area contributed by atoms with E-state index < -0.39 is 5.75 Å². The first-order valence-electron chi connectivity index (χ1n) is 6.01. The number of benzene rings is 2. The predicted molar refractivity (Wildman–Crippen MR) is 74.7 cm³/mol. The predicted octanol–water partition coefficient (Wildman–Crippen LogP) is 2.60. The number of hydrogen-bond donors (Lipinski definition) is 4. The summed E-state index contributed by atoms with van der Waals surface area (Å²) in [7, 11) is 0. The number of anilines is 1. The molecule has 102 valence electrons. The van der Waals surface area contributed by atoms with Crippen LogP contribution in [0.25, 0.3) is 0 Å². The highest BCUT2D eigenvalue weighted by atomic mass is 16.3. The molecule has 5 nitrogen and oxygen atoms in total. The highest BCUT2D eigenvalue weighted by Crippen LogP contribution is 2.37. The monoisotopic (exact) mass is 270 g/mol. The molecular formula is C15H14N2O3. The van der Waals surface area contributed by atoms with E-state index in [1.54, 1.807) is 6.07 Å². The second-order valence-corrected chi connectivity index (χ2v) is 4.40. The standard InChI is InChI=1S/C15H14N2O3/c1-9-3-2-4-12(11(9)7-16)17-8-10-5-6-13(18)15(20)14(10)19/h2-6,17-20H,8H2,1H3. The van der Waals surface area contributed by atoms with E-state index in [0.717, 1.165) is 5.56 Å². The van der Waals surface area contributed by atoms with Crippen molar-refractivity contribution in [3.63, 3.8) is 0 Å². The lowest BCUT2D eigenvalue weighted by Crippen LogP contribution is -2.02. The van der Waals surface area contributed by atoms with E-state index in [1.807, 2.05) is 19.1 Å². The third-order valence-electron chi connectivity index (χ3n) is 3.07. The average molecular weight is 270 g/mol. The molecule has 0 aliphatic heterocycles. The van der Waals surface area contributed by atoms with Crippen molar-refractivity contribution in [3.05, 3.63) is 47.0 Å². The maximum Gasteiger partial charge on any atom is 0.200 e. The Bertz CT molecular complexity index is 690. The molecule has 0 fully saturated rings. The molecule has 0 aliphatic carbocycles. The number of phenolic OH excluding ortho intramolecular Hbond substituents is 3. The Morgan fingerprint density at radius 2 is 1.85 bits per heavy atom. The van der Waals surface area contributed by atoms with E-state index in [0.29, 0.717) is 16.8 Å². The normalized spacial score (nSPS) is 10.0. The van der Waals surface area contributed by atoms with Gasteiger partial charge in [-0.2, -0.15) is 5.26 Å². The molecule has 2 aromatic carbocycles. The van der Waals surface area contributed by atoms with Crippen molar-refractivity contribution in [2.75, 3.05) is 5.32 Å². The van der Waals surface area contributed by atoms with Gasteiger partial charge in [-0.05, 0) is 30.7 Å². The molecule has 20 heavy (non-hydrogen) atoms. The van der Waals surface area contributed by atoms with Gasteiger partial charge in [0.1, 0.15) is 6.07 Å². The summed E-state index contributed by atoms with van der Waals surface area (Å²) in [5.74, 6) is -1.29. The minimum atomic E-state index is -0.547. The zero-order valence-electron chi connectivity index (χ0n) is 10.9. The summed E-state index contributed by atoms with van der Waals surface area (Å²) in [5.41, 5.74) is 2.47. The number of nitrogens with one attached hydrogen (secondary N) is 1. The lowest BCUT2D eigenvalue weighted by molar-refractivity contribution is 0.365. The van der Waals surface area contributed by atoms with Crippen LogP contribution in [0.1, 0.15) is 16.7 Å². The van der Waals surface area contributed by atoms with Gasteiger partial charge in [0.15, 0.2) is 11.5 Å². The second-order valence-electron chi connectivity index (χ2n) is 4.40. The number of phenols is 3. The Morgan fingerprint density at radius 3 is 2.55 bits per heavy atom. The zero-order chi connectivity index (χ0) is 14.7. The van der Waals surface area contributed by atoms with E-state index in [9.17, 15) is 15.3 Å². The van der Waals surface area contributed by atoms with Crippen molar-refractivity contribution in [2.24, 2.45) is 0 Å². The van der Waals surface area contributed by atoms with Gasteiger partial charge >= 0.3 is 0 Å². The molecule has 0 saturated carbocycles. The summed E-state index contributed by atoms with van der Waals surface area (Å²) in [5, 5.41) is 40.6. The summed E-state index contributed by atoms with van der Waals surface area (Å²) >= 11 is 0. The molecule has 4 N–H and O–H groups in total. The van der Waals surface area contributed by atoms with Crippen LogP contribution < -0.4 is 5.32 Å². The number of aryl methyl sites for hydroxylation is 1. The van der Waals surface area contributed by atoms with Crippen LogP contribution in [0.3, 0.4) is 0 Å². The molecule has 0 heterocycles. The summed E-state index contributed by atoms with van der Waals surface area (Å²) < 4.78 is 0. The van der Waals surface area contributed by atoms with Crippen LogP contribution in [-0.2, 0) is 6.54 Å². The van der Waals surface area contributed by atoms with Crippen LogP contribution in [0.2, 0.25) is 0 Å². The van der Waals surface area contributed by atoms with E-state index in [-0.39, 0.29) is 18.0 Å². The van der Waals surface area contributed by atoms with Crippen LogP contribution in [0.15, 0.2) is 30.3 Å². The van der Waals surface area contributed by atoms with Gasteiger partial charge in [0.25, 0.3) is 0 Å². The molecule has 0 radical (unpaired) electrons. The van der Waals surface area contributed by atoms with Crippen molar-refractivity contribution in [1.29, 1.82) is 5.26 Å². The maximum atomic E-state index is 9.72. The van der Waals surface area contributed by atoms with Crippen molar-refractivity contribution in [2.45, 2.75) is 13.5 Å². The van der Waals surface area contributed by atoms with Crippen molar-refractivity contribution in [1.82, 2.24) is 0 Å². The van der Waals surface area contributed by atoms with Crippen LogP contribution in [0, 0.1) is 18.3 Å². The molecule has 2 rings (SSSR count). The first kappa shape index (κ1) is 13.6. The summed E-state index contributed by atoms with van der Waals surface area (Å²) in [6.45, 7) is 2.06. The number of aromatic hydroxyl groups is 3. The van der Waals surface area contributed by atoms with Crippen molar-refractivity contribution < 1.29 is 15.3 Å². The number of nitrogens with zero attached hydrogens (tertiary/aromatic N) is 1. The molecule has 0 spiro atoms. The first-order chi connectivity index (χ1) is 9.54. The molecule has 5 heteroatoms. The first-order valence-corrected chi connectivity index (χ1v) is 6.01. The Balaban J connectivity index is 2.24. The van der Waals surface area contributed by atoms with Crippen LogP contribution in [0.5, 0.6) is 17.2 Å². The van der Waals surface area contributed by atoms with Gasteiger partial charge in [-0.1, -0.05) is 12.1 Å². The molecule has 0 aromatic heterocycles. The van der Waals surface area contributed by atoms with Crippen molar-refractivity contribution in [3.8, 4) is 23.3 Å². The highest BCUT2D eigenvalue weighted by molar-refractivity contribution is 5.61. The Morgan fingerprint density at radius 1 is 1.10 bits per heavy atom. The molecule has 0 unspecified atom stereocenters. The molecular weight excluding hydrogens is 256 g/mol. The largest absolute Gasteiger partial charge is 0.504 e. The van der Waals surface area contributed by atoms with Gasteiger partial charge < -0.3 is 20.6 Å². The lowest BCUT2D eigenvalue weighted by Gasteiger charge is -2.12. The van der Waals surface area contributed by atoms with Crippen LogP contribution >= 0.6 is 0 Å². The average Bonchev–Trinajstić information content (AvgIpc) is 2.44. The van der Waals surface area contributed by atoms with E-state index in [1.165, 1.54) is 12.1 Å². The fourth-order valence-corrected chi connectivity index (χ4v) is 1.91. The van der Waals surface area contributed by atoms with Gasteiger partial charge in [0.05, 0.1) is 11.3 Å². The quantitative estimate of drug-likeness (QED) is 0.643. The third-order valence-corrected chi connectivity index (χ3v) is 3.07. The Hall–Kier alpha value is -2.87. The maximum absolute atomic E-state index is 9.72. The van der Waals surface area contributed by atoms with Gasteiger partial charge in [-0.25, -0.2) is 0 Å². The van der Waals surface area contributed by atoms with Crippen LogP contribution in [0.4, 0.5) is 5.69 Å². The van der Waals surface area contributed by atoms with E-state index in [2.05, 4.69) is 11.4 Å². The number of hydrogen-bond acceptors (Lipinski definition) is 5. The number of rotatable bonds is 3. The molecule has 0 atom stereocenters. The smallest absolute Gasteiger partial charge is 0.200 e. The van der Waals surface area contributed by atoms with E-state index in [4.69, 9.17) is 5.26 Å². The highest BCUT2D eigenvalue weighted by Gasteiger charge is 2.11. The topological polar surface area (TPSA) is 96.5 Å². The SMILES string of the molecule is Cc1cccc(NCc2ccc(O)c(O)c2O)c1C#N. The molecule has 0 aliphatic rings. The Labute approximate surface area is 116 Å². The van der Waals surface area contributed by atoms with E-state index >= 15 is 0 Å². The summed E-state index contributed by atoms with van der Waals surface area (Å²) in [4.78, 5) is 0. The van der Waals surface area contributed by atoms with Gasteiger partial charge in [-0.3, -0.25) is 0 Å². The lowest BCUT2D eigenvalue weighted by atomic mass is 10.1. The minimum absolute atomic E-state index is 0.220. The molecule has 0 bridgehead atoms. The molecule has 2 aromatic rings. The third kappa shape index (κ3) is 2.45. The fourth-order valence-electron chi connectivity index (χ4n) is 1.91. The Kier molecular flexibility index (Phi) is 3.67. The molecule has 0 saturated heterocycles. The minimum Gasteiger partial charge on any atom is -0.504 e. The van der Waals surface area contributed by atoms with Crippen LogP contribution in [-0.4, -0.2) is 15.3 Å². The zero-order valence-corrected chi connectivity index (χ0v) is 10.9.